The number of aliphatic hydroxyl groups excluding tert-OH is 2. The summed E-state index contributed by atoms with van der Waals surface area (Å²) < 4.78 is 56.0. The van der Waals surface area contributed by atoms with Gasteiger partial charge in [0.25, 0.3) is 11.8 Å². The molecule has 13 heteroatoms. The number of carbonyl (C=O) groups is 2. The summed E-state index contributed by atoms with van der Waals surface area (Å²) in [4.78, 5) is 28.7. The van der Waals surface area contributed by atoms with E-state index in [1.54, 1.807) is 4.90 Å². The third-order valence-corrected chi connectivity index (χ3v) is 9.89. The predicted octanol–water partition coefficient (Wildman–Crippen LogP) is 3.89. The number of nitrogens with zero attached hydrogens (tertiary/aromatic N) is 2. The minimum atomic E-state index is -4.23. The lowest BCUT2D eigenvalue weighted by Crippen LogP contribution is -2.48. The van der Waals surface area contributed by atoms with Crippen molar-refractivity contribution in [1.82, 2.24) is 19.8 Å². The van der Waals surface area contributed by atoms with Gasteiger partial charge in [-0.1, -0.05) is 45.0 Å². The van der Waals surface area contributed by atoms with Crippen LogP contribution in [0.4, 0.5) is 8.78 Å². The van der Waals surface area contributed by atoms with Crippen LogP contribution in [-0.4, -0.2) is 91.6 Å². The summed E-state index contributed by atoms with van der Waals surface area (Å²) in [6.45, 7) is 6.47. The smallest absolute Gasteiger partial charge is 0.253 e. The fourth-order valence-corrected chi connectivity index (χ4v) is 6.70. The molecule has 3 aromatic rings. The SMILES string of the molecule is CCCN(CCC)C(=O)c1cc(C(=O)N[C@@H](Cc2cc(F)cc(F)c2)[C@H](O)CNCc2cccc(CC)c2)cc(S(=O)(=O)N(C)CCO)c1. The van der Waals surface area contributed by atoms with Gasteiger partial charge in [0, 0.05) is 57.0 Å². The maximum Gasteiger partial charge on any atom is 0.253 e. The predicted molar refractivity (Wildman–Crippen MR) is 185 cm³/mol. The van der Waals surface area contributed by atoms with Gasteiger partial charge in [-0.2, -0.15) is 4.31 Å². The lowest BCUT2D eigenvalue weighted by molar-refractivity contribution is 0.0755. The van der Waals surface area contributed by atoms with Gasteiger partial charge in [-0.25, -0.2) is 17.2 Å². The molecule has 0 bridgehead atoms. The highest BCUT2D eigenvalue weighted by atomic mass is 32.2. The van der Waals surface area contributed by atoms with Crippen molar-refractivity contribution in [2.24, 2.45) is 0 Å². The minimum Gasteiger partial charge on any atom is -0.395 e. The molecule has 10 nitrogen and oxygen atoms in total. The van der Waals surface area contributed by atoms with E-state index in [1.165, 1.54) is 19.2 Å². The van der Waals surface area contributed by atoms with Crippen LogP contribution in [0.5, 0.6) is 0 Å². The van der Waals surface area contributed by atoms with Crippen LogP contribution in [0.25, 0.3) is 0 Å². The van der Waals surface area contributed by atoms with Gasteiger partial charge in [-0.15, -0.1) is 0 Å². The van der Waals surface area contributed by atoms with Crippen molar-refractivity contribution in [2.75, 3.05) is 39.8 Å². The molecular weight excluding hydrogens is 654 g/mol. The summed E-state index contributed by atoms with van der Waals surface area (Å²) >= 11 is 0. The van der Waals surface area contributed by atoms with Crippen LogP contribution < -0.4 is 10.6 Å². The molecule has 2 amide bonds. The Balaban J connectivity index is 1.98. The fourth-order valence-electron chi connectivity index (χ4n) is 5.46. The zero-order valence-corrected chi connectivity index (χ0v) is 29.4. The van der Waals surface area contributed by atoms with E-state index in [0.717, 1.165) is 46.1 Å². The molecule has 49 heavy (non-hydrogen) atoms. The highest BCUT2D eigenvalue weighted by Crippen LogP contribution is 2.21. The largest absolute Gasteiger partial charge is 0.395 e. The maximum atomic E-state index is 14.1. The molecule has 0 heterocycles. The molecule has 0 aromatic heterocycles. The molecule has 0 saturated heterocycles. The van der Waals surface area contributed by atoms with E-state index in [1.807, 2.05) is 45.0 Å². The summed E-state index contributed by atoms with van der Waals surface area (Å²) in [5.41, 5.74) is 2.13. The van der Waals surface area contributed by atoms with Crippen LogP contribution in [0.3, 0.4) is 0 Å². The molecule has 0 aliphatic rings. The Morgan fingerprint density at radius 3 is 2.10 bits per heavy atom. The number of halogens is 2. The lowest BCUT2D eigenvalue weighted by atomic mass is 9.99. The van der Waals surface area contributed by atoms with Gasteiger partial charge in [0.05, 0.1) is 23.6 Å². The van der Waals surface area contributed by atoms with Crippen LogP contribution in [0.2, 0.25) is 0 Å². The molecule has 268 valence electrons. The number of carbonyl (C=O) groups excluding carboxylic acids is 2. The first kappa shape index (κ1) is 39.7. The number of nitrogens with one attached hydrogen (secondary N) is 2. The molecule has 2 atom stereocenters. The Morgan fingerprint density at radius 2 is 1.49 bits per heavy atom. The van der Waals surface area contributed by atoms with Crippen LogP contribution in [-0.2, 0) is 29.4 Å². The van der Waals surface area contributed by atoms with E-state index in [2.05, 4.69) is 10.6 Å². The van der Waals surface area contributed by atoms with Gasteiger partial charge < -0.3 is 25.7 Å². The van der Waals surface area contributed by atoms with Crippen molar-refractivity contribution in [1.29, 1.82) is 0 Å². The number of aryl methyl sites for hydroxylation is 1. The van der Waals surface area contributed by atoms with Crippen LogP contribution >= 0.6 is 0 Å². The highest BCUT2D eigenvalue weighted by Gasteiger charge is 2.28. The summed E-state index contributed by atoms with van der Waals surface area (Å²) in [7, 11) is -2.96. The molecule has 0 aliphatic carbocycles. The van der Waals surface area contributed by atoms with Crippen molar-refractivity contribution in [3.05, 3.63) is 100 Å². The second-order valence-electron chi connectivity index (χ2n) is 12.0. The molecular formula is C36H48F2N4O6S. The second-order valence-corrected chi connectivity index (χ2v) is 14.1. The molecule has 0 aliphatic heterocycles. The number of rotatable bonds is 19. The van der Waals surface area contributed by atoms with E-state index in [9.17, 15) is 37.0 Å². The second kappa shape index (κ2) is 18.9. The Kier molecular flexibility index (Phi) is 15.3. The minimum absolute atomic E-state index is 0.00615. The van der Waals surface area contributed by atoms with E-state index < -0.39 is 52.2 Å². The first-order valence-electron chi connectivity index (χ1n) is 16.6. The molecule has 3 aromatic carbocycles. The van der Waals surface area contributed by atoms with E-state index in [0.29, 0.717) is 32.5 Å². The number of amides is 2. The van der Waals surface area contributed by atoms with Gasteiger partial charge in [-0.05, 0) is 72.7 Å². The van der Waals surface area contributed by atoms with Crippen LogP contribution in [0.1, 0.15) is 71.0 Å². The maximum absolute atomic E-state index is 14.1. The number of benzene rings is 3. The van der Waals surface area contributed by atoms with Crippen molar-refractivity contribution in [3.63, 3.8) is 0 Å². The number of aliphatic hydroxyl groups is 2. The molecule has 0 saturated carbocycles. The highest BCUT2D eigenvalue weighted by molar-refractivity contribution is 7.89. The zero-order valence-electron chi connectivity index (χ0n) is 28.6. The standard InChI is InChI=1S/C36H48F2N4O6S/c1-5-11-42(12-6-2)36(46)29-19-28(20-32(21-29)49(47,48)41(4)13-14-43)35(45)40-33(18-27-16-30(37)22-31(38)17-27)34(44)24-39-23-26-10-8-9-25(7-3)15-26/h8-10,15-17,19-22,33-34,39,43-44H,5-7,11-14,18,23-24H2,1-4H3,(H,40,45)/t33-,34+/m0/s1. The quantitative estimate of drug-likeness (QED) is 0.149. The number of sulfonamides is 1. The molecule has 0 fully saturated rings. The number of likely N-dealkylation sites (N-methyl/N-ethyl adjacent to an activating group) is 1. The molecule has 3 rings (SSSR count). The van der Waals surface area contributed by atoms with Crippen molar-refractivity contribution >= 4 is 21.8 Å². The third kappa shape index (κ3) is 11.4. The Labute approximate surface area is 288 Å². The van der Waals surface area contributed by atoms with Crippen molar-refractivity contribution < 1.29 is 37.0 Å². The normalized spacial score (nSPS) is 12.9. The Hall–Kier alpha value is -3.75. The van der Waals surface area contributed by atoms with E-state index in [4.69, 9.17) is 0 Å². The van der Waals surface area contributed by atoms with Crippen LogP contribution in [0.15, 0.2) is 65.6 Å². The first-order valence-corrected chi connectivity index (χ1v) is 18.0. The summed E-state index contributed by atoms with van der Waals surface area (Å²) in [5, 5.41) is 26.5. The number of hydrogen-bond acceptors (Lipinski definition) is 7. The third-order valence-electron chi connectivity index (χ3n) is 8.05. The Morgan fingerprint density at radius 1 is 0.857 bits per heavy atom. The lowest BCUT2D eigenvalue weighted by Gasteiger charge is -2.26. The molecule has 0 radical (unpaired) electrons. The van der Waals surface area contributed by atoms with Gasteiger partial charge in [0.1, 0.15) is 11.6 Å². The van der Waals surface area contributed by atoms with E-state index >= 15 is 0 Å². The average Bonchev–Trinajstić information content (AvgIpc) is 3.07. The van der Waals surface area contributed by atoms with Gasteiger partial charge in [-0.3, -0.25) is 9.59 Å². The fraction of sp³-hybridized carbons (Fsp3) is 0.444. The Bertz CT molecular complexity index is 1650. The van der Waals surface area contributed by atoms with Crippen LogP contribution in [0, 0.1) is 11.6 Å². The molecule has 4 N–H and O–H groups in total. The molecule has 0 spiro atoms. The van der Waals surface area contributed by atoms with Gasteiger partial charge in [0.2, 0.25) is 10.0 Å². The monoisotopic (exact) mass is 702 g/mol. The van der Waals surface area contributed by atoms with Gasteiger partial charge >= 0.3 is 0 Å². The van der Waals surface area contributed by atoms with Crippen molar-refractivity contribution in [3.8, 4) is 0 Å². The summed E-state index contributed by atoms with van der Waals surface area (Å²) in [6.07, 6.45) is 0.789. The first-order chi connectivity index (χ1) is 23.3. The summed E-state index contributed by atoms with van der Waals surface area (Å²) in [5.74, 6) is -2.90. The molecule has 0 unspecified atom stereocenters. The number of hydrogen-bond donors (Lipinski definition) is 4. The zero-order chi connectivity index (χ0) is 36.1. The average molecular weight is 703 g/mol. The van der Waals surface area contributed by atoms with Crippen molar-refractivity contribution in [2.45, 2.75) is 70.0 Å². The van der Waals surface area contributed by atoms with E-state index in [-0.39, 0.29) is 41.1 Å². The topological polar surface area (TPSA) is 139 Å². The summed E-state index contributed by atoms with van der Waals surface area (Å²) in [6, 6.07) is 13.4. The van der Waals surface area contributed by atoms with Gasteiger partial charge in [0.15, 0.2) is 0 Å².